The minimum Gasteiger partial charge on any atom is -0.481 e. The smallest absolute Gasteiger partial charge is 0.304 e. The van der Waals surface area contributed by atoms with Gasteiger partial charge in [0.1, 0.15) is 5.65 Å². The lowest BCUT2D eigenvalue weighted by atomic mass is 9.93. The van der Waals surface area contributed by atoms with E-state index in [1.54, 1.807) is 12.4 Å². The number of sulfone groups is 1. The normalized spacial score (nSPS) is 17.1. The van der Waals surface area contributed by atoms with E-state index in [1.165, 1.54) is 30.3 Å². The minimum atomic E-state index is -3.48. The zero-order valence-corrected chi connectivity index (χ0v) is 16.2. The number of fused-ring (bicyclic) bond motifs is 3. The van der Waals surface area contributed by atoms with Gasteiger partial charge in [0.05, 0.1) is 27.8 Å². The fourth-order valence-corrected chi connectivity index (χ4v) is 5.79. The molecule has 10 heteroatoms. The molecule has 1 atom stereocenters. The molecule has 0 aromatic carbocycles. The Balaban J connectivity index is 2.04. The average Bonchev–Trinajstić information content (AvgIpc) is 3.21. The molecular formula is C17H18N4O4S2. The van der Waals surface area contributed by atoms with Gasteiger partial charge in [-0.1, -0.05) is 11.8 Å². The molecule has 8 nitrogen and oxygen atoms in total. The van der Waals surface area contributed by atoms with Gasteiger partial charge in [-0.2, -0.15) is 5.10 Å². The van der Waals surface area contributed by atoms with Crippen molar-refractivity contribution in [1.29, 1.82) is 0 Å². The third-order valence-electron chi connectivity index (χ3n) is 4.73. The van der Waals surface area contributed by atoms with Crippen molar-refractivity contribution in [3.05, 3.63) is 30.4 Å². The third-order valence-corrected chi connectivity index (χ3v) is 6.95. The van der Waals surface area contributed by atoms with Crippen molar-refractivity contribution < 1.29 is 18.3 Å². The minimum absolute atomic E-state index is 0.00345. The van der Waals surface area contributed by atoms with Crippen molar-refractivity contribution in [3.8, 4) is 0 Å². The lowest BCUT2D eigenvalue weighted by Gasteiger charge is -2.25. The summed E-state index contributed by atoms with van der Waals surface area (Å²) < 4.78 is 26.8. The quantitative estimate of drug-likeness (QED) is 0.669. The SMILES string of the molecule is CS(=O)(=O)c1ccnc2c1c(Sc1cn[nH]c1)c1n2CCCC1CC(=O)O. The highest BCUT2D eigenvalue weighted by Gasteiger charge is 2.32. The molecule has 0 bridgehead atoms. The highest BCUT2D eigenvalue weighted by Crippen LogP contribution is 2.46. The summed E-state index contributed by atoms with van der Waals surface area (Å²) in [6.45, 7) is 0.689. The van der Waals surface area contributed by atoms with Crippen LogP contribution in [-0.2, 0) is 21.2 Å². The second-order valence-electron chi connectivity index (χ2n) is 6.62. The van der Waals surface area contributed by atoms with Crippen LogP contribution in [0.1, 0.15) is 30.9 Å². The standard InChI is InChI=1S/C17H18N4O4S2/c1-27(24,25)12-4-5-18-17-14(12)16(26-11-8-19-20-9-11)15-10(7-13(22)23)3-2-6-21(15)17/h4-5,8-10H,2-3,6-7H2,1H3,(H,19,20)(H,22,23). The number of nitrogens with zero attached hydrogens (tertiary/aromatic N) is 3. The molecule has 3 aromatic rings. The van der Waals surface area contributed by atoms with E-state index in [0.717, 1.165) is 28.3 Å². The van der Waals surface area contributed by atoms with E-state index >= 15 is 0 Å². The number of hydrogen-bond acceptors (Lipinski definition) is 6. The Morgan fingerprint density at radius 2 is 2.30 bits per heavy atom. The number of carboxylic acid groups (broad SMARTS) is 1. The van der Waals surface area contributed by atoms with Crippen molar-refractivity contribution in [1.82, 2.24) is 19.7 Å². The molecular weight excluding hydrogens is 388 g/mol. The number of hydrogen-bond donors (Lipinski definition) is 2. The predicted molar refractivity (Wildman–Crippen MR) is 99.8 cm³/mol. The third kappa shape index (κ3) is 3.23. The maximum absolute atomic E-state index is 12.4. The van der Waals surface area contributed by atoms with Crippen LogP contribution < -0.4 is 0 Å². The van der Waals surface area contributed by atoms with Crippen molar-refractivity contribution in [2.24, 2.45) is 0 Å². The van der Waals surface area contributed by atoms with E-state index in [-0.39, 0.29) is 17.2 Å². The number of aromatic nitrogens is 4. The maximum Gasteiger partial charge on any atom is 0.304 e. The number of rotatable bonds is 5. The molecule has 0 saturated heterocycles. The van der Waals surface area contributed by atoms with Crippen LogP contribution in [-0.4, -0.2) is 45.5 Å². The van der Waals surface area contributed by atoms with Gasteiger partial charge in [0, 0.05) is 41.7 Å². The summed E-state index contributed by atoms with van der Waals surface area (Å²) in [4.78, 5) is 17.7. The monoisotopic (exact) mass is 406 g/mol. The number of nitrogens with one attached hydrogen (secondary N) is 1. The Bertz CT molecular complexity index is 1120. The largest absolute Gasteiger partial charge is 0.481 e. The number of carboxylic acids is 1. The van der Waals surface area contributed by atoms with Gasteiger partial charge in [-0.05, 0) is 18.9 Å². The molecule has 0 radical (unpaired) electrons. The number of pyridine rings is 1. The average molecular weight is 406 g/mol. The summed E-state index contributed by atoms with van der Waals surface area (Å²) in [6, 6.07) is 1.51. The highest BCUT2D eigenvalue weighted by atomic mass is 32.2. The van der Waals surface area contributed by atoms with Gasteiger partial charge in [0.25, 0.3) is 0 Å². The molecule has 0 saturated carbocycles. The fraction of sp³-hybridized carbons (Fsp3) is 0.353. The summed E-state index contributed by atoms with van der Waals surface area (Å²) in [5, 5.41) is 16.6. The van der Waals surface area contributed by atoms with Gasteiger partial charge >= 0.3 is 5.97 Å². The van der Waals surface area contributed by atoms with Crippen LogP contribution >= 0.6 is 11.8 Å². The lowest BCUT2D eigenvalue weighted by Crippen LogP contribution is -2.18. The van der Waals surface area contributed by atoms with E-state index in [1.807, 2.05) is 4.57 Å². The summed E-state index contributed by atoms with van der Waals surface area (Å²) in [6.07, 6.45) is 7.64. The van der Waals surface area contributed by atoms with E-state index in [2.05, 4.69) is 15.2 Å². The summed E-state index contributed by atoms with van der Waals surface area (Å²) in [7, 11) is -3.48. The molecule has 3 aromatic heterocycles. The van der Waals surface area contributed by atoms with Crippen LogP contribution in [0, 0.1) is 0 Å². The van der Waals surface area contributed by atoms with Crippen LogP contribution in [0.2, 0.25) is 0 Å². The molecule has 1 unspecified atom stereocenters. The highest BCUT2D eigenvalue weighted by molar-refractivity contribution is 7.99. The van der Waals surface area contributed by atoms with Gasteiger partial charge in [-0.3, -0.25) is 9.89 Å². The lowest BCUT2D eigenvalue weighted by molar-refractivity contribution is -0.137. The van der Waals surface area contributed by atoms with Gasteiger partial charge in [-0.15, -0.1) is 0 Å². The van der Waals surface area contributed by atoms with Crippen molar-refractivity contribution in [2.75, 3.05) is 6.26 Å². The van der Waals surface area contributed by atoms with E-state index in [9.17, 15) is 18.3 Å². The van der Waals surface area contributed by atoms with Crippen LogP contribution in [0.3, 0.4) is 0 Å². The predicted octanol–water partition coefficient (Wildman–Crippen LogP) is 2.67. The van der Waals surface area contributed by atoms with Gasteiger partial charge < -0.3 is 9.67 Å². The van der Waals surface area contributed by atoms with Gasteiger partial charge in [0.2, 0.25) is 0 Å². The zero-order chi connectivity index (χ0) is 19.2. The fourth-order valence-electron chi connectivity index (χ4n) is 3.72. The molecule has 0 spiro atoms. The van der Waals surface area contributed by atoms with E-state index in [4.69, 9.17) is 0 Å². The first-order chi connectivity index (χ1) is 12.9. The van der Waals surface area contributed by atoms with E-state index < -0.39 is 15.8 Å². The summed E-state index contributed by atoms with van der Waals surface area (Å²) in [5.41, 5.74) is 1.45. The Kier molecular flexibility index (Phi) is 4.47. The van der Waals surface area contributed by atoms with Gasteiger partial charge in [-0.25, -0.2) is 13.4 Å². The first-order valence-electron chi connectivity index (χ1n) is 8.46. The first kappa shape index (κ1) is 18.1. The van der Waals surface area contributed by atoms with Crippen molar-refractivity contribution in [2.45, 2.75) is 46.4 Å². The Hall–Kier alpha value is -2.33. The van der Waals surface area contributed by atoms with Crippen LogP contribution in [0.5, 0.6) is 0 Å². The number of aromatic amines is 1. The van der Waals surface area contributed by atoms with Crippen molar-refractivity contribution in [3.63, 3.8) is 0 Å². The van der Waals surface area contributed by atoms with Crippen molar-refractivity contribution >= 4 is 38.6 Å². The number of H-pyrrole nitrogens is 1. The molecule has 4 rings (SSSR count). The second-order valence-corrected chi connectivity index (χ2v) is 9.69. The Labute approximate surface area is 159 Å². The molecule has 1 aliphatic heterocycles. The molecule has 0 fully saturated rings. The molecule has 0 amide bonds. The molecule has 2 N–H and O–H groups in total. The Morgan fingerprint density at radius 1 is 1.48 bits per heavy atom. The number of carbonyl (C=O) groups is 1. The summed E-state index contributed by atoms with van der Waals surface area (Å²) in [5.74, 6) is -1.05. The molecule has 142 valence electrons. The summed E-state index contributed by atoms with van der Waals surface area (Å²) >= 11 is 1.39. The molecule has 4 heterocycles. The first-order valence-corrected chi connectivity index (χ1v) is 11.2. The molecule has 1 aliphatic rings. The number of aryl methyl sites for hydroxylation is 1. The Morgan fingerprint density at radius 3 is 2.96 bits per heavy atom. The van der Waals surface area contributed by atoms with E-state index in [0.29, 0.717) is 17.6 Å². The topological polar surface area (TPSA) is 118 Å². The molecule has 27 heavy (non-hydrogen) atoms. The van der Waals surface area contributed by atoms with Crippen LogP contribution in [0.25, 0.3) is 11.0 Å². The van der Waals surface area contributed by atoms with Crippen LogP contribution in [0.4, 0.5) is 0 Å². The zero-order valence-electron chi connectivity index (χ0n) is 14.5. The maximum atomic E-state index is 12.4. The number of aliphatic carboxylic acids is 1. The molecule has 0 aliphatic carbocycles. The van der Waals surface area contributed by atoms with Gasteiger partial charge in [0.15, 0.2) is 9.84 Å². The van der Waals surface area contributed by atoms with Crippen LogP contribution in [0.15, 0.2) is 39.3 Å². The second kappa shape index (κ2) is 6.68.